The van der Waals surface area contributed by atoms with Gasteiger partial charge in [-0.25, -0.2) is 0 Å². The minimum absolute atomic E-state index is 0.129. The summed E-state index contributed by atoms with van der Waals surface area (Å²) in [5.74, 6) is 0.601. The van der Waals surface area contributed by atoms with E-state index in [1.807, 2.05) is 0 Å². The molecule has 0 aromatic rings. The molecule has 0 bridgehead atoms. The highest BCUT2D eigenvalue weighted by molar-refractivity contribution is 4.88. The highest BCUT2D eigenvalue weighted by Crippen LogP contribution is 2.28. The summed E-state index contributed by atoms with van der Waals surface area (Å²) >= 11 is 0. The Morgan fingerprint density at radius 3 is 2.23 bits per heavy atom. The third-order valence-electron chi connectivity index (χ3n) is 2.52. The monoisotopic (exact) mass is 185 g/mol. The number of β-amino-alcohol motifs (C(OH)–C–C–N with tert-alkyl or cyclic N) is 1. The minimum atomic E-state index is -0.129. The number of aliphatic hydroxyl groups is 1. The summed E-state index contributed by atoms with van der Waals surface area (Å²) < 4.78 is 0. The van der Waals surface area contributed by atoms with Gasteiger partial charge in [0.15, 0.2) is 0 Å². The smallest absolute Gasteiger partial charge is 0.0669 e. The van der Waals surface area contributed by atoms with Crippen LogP contribution in [0.15, 0.2) is 0 Å². The number of aliphatic hydroxyl groups excluding tert-OH is 1. The molecule has 0 saturated carbocycles. The second-order valence-electron chi connectivity index (χ2n) is 5.62. The lowest BCUT2D eigenvalue weighted by atomic mass is 9.84. The molecule has 0 radical (unpaired) electrons. The molecule has 2 heteroatoms. The van der Waals surface area contributed by atoms with Crippen molar-refractivity contribution < 1.29 is 5.11 Å². The van der Waals surface area contributed by atoms with Gasteiger partial charge in [0.25, 0.3) is 0 Å². The van der Waals surface area contributed by atoms with Crippen LogP contribution in [-0.4, -0.2) is 35.7 Å². The summed E-state index contributed by atoms with van der Waals surface area (Å²) in [6.45, 7) is 12.0. The lowest BCUT2D eigenvalue weighted by molar-refractivity contribution is -0.00959. The first-order chi connectivity index (χ1) is 5.89. The molecule has 1 unspecified atom stereocenters. The van der Waals surface area contributed by atoms with E-state index in [9.17, 15) is 5.11 Å². The van der Waals surface area contributed by atoms with Crippen molar-refractivity contribution in [1.82, 2.24) is 4.90 Å². The molecule has 2 nitrogen and oxygen atoms in total. The van der Waals surface area contributed by atoms with Crippen LogP contribution in [-0.2, 0) is 0 Å². The van der Waals surface area contributed by atoms with Gasteiger partial charge >= 0.3 is 0 Å². The quantitative estimate of drug-likeness (QED) is 0.721. The molecule has 1 fully saturated rings. The maximum Gasteiger partial charge on any atom is 0.0669 e. The van der Waals surface area contributed by atoms with E-state index in [2.05, 4.69) is 32.6 Å². The molecule has 0 aliphatic carbocycles. The molecule has 1 atom stereocenters. The zero-order valence-corrected chi connectivity index (χ0v) is 9.38. The fourth-order valence-electron chi connectivity index (χ4n) is 2.21. The topological polar surface area (TPSA) is 23.5 Å². The van der Waals surface area contributed by atoms with Crippen LogP contribution in [0, 0.1) is 11.3 Å². The fourth-order valence-corrected chi connectivity index (χ4v) is 2.21. The van der Waals surface area contributed by atoms with Crippen LogP contribution in [0.25, 0.3) is 0 Å². The van der Waals surface area contributed by atoms with Gasteiger partial charge in [-0.05, 0) is 17.8 Å². The van der Waals surface area contributed by atoms with E-state index < -0.39 is 0 Å². The fraction of sp³-hybridized carbons (Fsp3) is 1.00. The van der Waals surface area contributed by atoms with Gasteiger partial charge < -0.3 is 5.11 Å². The van der Waals surface area contributed by atoms with Crippen LogP contribution < -0.4 is 0 Å². The van der Waals surface area contributed by atoms with E-state index in [4.69, 9.17) is 0 Å². The molecule has 1 aliphatic rings. The third kappa shape index (κ3) is 3.65. The van der Waals surface area contributed by atoms with Crippen molar-refractivity contribution in [1.29, 1.82) is 0 Å². The molecular weight excluding hydrogens is 162 g/mol. The number of likely N-dealkylation sites (tertiary alicyclic amines) is 1. The van der Waals surface area contributed by atoms with Crippen molar-refractivity contribution in [2.45, 2.75) is 40.2 Å². The van der Waals surface area contributed by atoms with Crippen LogP contribution in [0.4, 0.5) is 0 Å². The van der Waals surface area contributed by atoms with Gasteiger partial charge in [-0.1, -0.05) is 27.7 Å². The Morgan fingerprint density at radius 1 is 1.31 bits per heavy atom. The van der Waals surface area contributed by atoms with Crippen molar-refractivity contribution >= 4 is 0 Å². The summed E-state index contributed by atoms with van der Waals surface area (Å²) in [6, 6.07) is 0. The van der Waals surface area contributed by atoms with Crippen molar-refractivity contribution in [3.8, 4) is 0 Å². The molecule has 0 aromatic heterocycles. The van der Waals surface area contributed by atoms with E-state index in [-0.39, 0.29) is 6.10 Å². The number of nitrogens with zero attached hydrogens (tertiary/aromatic N) is 1. The largest absolute Gasteiger partial charge is 0.392 e. The average molecular weight is 185 g/mol. The minimum Gasteiger partial charge on any atom is -0.392 e. The first-order valence-corrected chi connectivity index (χ1v) is 5.29. The second kappa shape index (κ2) is 3.97. The van der Waals surface area contributed by atoms with Crippen molar-refractivity contribution in [3.63, 3.8) is 0 Å². The highest BCUT2D eigenvalue weighted by atomic mass is 16.3. The van der Waals surface area contributed by atoms with Crippen LogP contribution in [0.1, 0.15) is 34.1 Å². The Kier molecular flexibility index (Phi) is 3.36. The van der Waals surface area contributed by atoms with Gasteiger partial charge in [0.05, 0.1) is 6.10 Å². The summed E-state index contributed by atoms with van der Waals surface area (Å²) in [6.07, 6.45) is 0.799. The molecular formula is C11H23NO. The van der Waals surface area contributed by atoms with Gasteiger partial charge in [0.2, 0.25) is 0 Å². The molecule has 0 aromatic carbocycles. The Hall–Kier alpha value is -0.0800. The third-order valence-corrected chi connectivity index (χ3v) is 2.52. The van der Waals surface area contributed by atoms with Gasteiger partial charge in [0, 0.05) is 19.6 Å². The zero-order chi connectivity index (χ0) is 10.1. The maximum atomic E-state index is 9.68. The van der Waals surface area contributed by atoms with Gasteiger partial charge in [0.1, 0.15) is 0 Å². The molecule has 1 heterocycles. The Bertz CT molecular complexity index is 155. The Balaban J connectivity index is 2.13. The van der Waals surface area contributed by atoms with Gasteiger partial charge in [-0.3, -0.25) is 4.90 Å². The van der Waals surface area contributed by atoms with Crippen molar-refractivity contribution in [3.05, 3.63) is 0 Å². The predicted molar refractivity (Wildman–Crippen MR) is 55.7 cm³/mol. The Morgan fingerprint density at radius 2 is 1.85 bits per heavy atom. The molecule has 1 saturated heterocycles. The summed E-state index contributed by atoms with van der Waals surface area (Å²) in [7, 11) is 0. The number of hydrogen-bond acceptors (Lipinski definition) is 2. The number of hydrogen-bond donors (Lipinski definition) is 1. The van der Waals surface area contributed by atoms with E-state index in [1.54, 1.807) is 0 Å². The molecule has 1 aliphatic heterocycles. The molecule has 0 spiro atoms. The molecule has 1 rings (SSSR count). The molecule has 1 N–H and O–H groups in total. The maximum absolute atomic E-state index is 9.68. The summed E-state index contributed by atoms with van der Waals surface area (Å²) in [5.41, 5.74) is 0.484. The number of rotatable bonds is 4. The Labute approximate surface area is 81.9 Å². The first kappa shape index (κ1) is 11.0. The summed E-state index contributed by atoms with van der Waals surface area (Å²) in [4.78, 5) is 2.34. The SMILES string of the molecule is CC(C)CC(O)CN1CC(C)(C)C1. The normalized spacial score (nSPS) is 24.5. The van der Waals surface area contributed by atoms with Crippen LogP contribution in [0.3, 0.4) is 0 Å². The van der Waals surface area contributed by atoms with Gasteiger partial charge in [-0.15, -0.1) is 0 Å². The van der Waals surface area contributed by atoms with Gasteiger partial charge in [-0.2, -0.15) is 0 Å². The van der Waals surface area contributed by atoms with E-state index in [0.717, 1.165) is 26.1 Å². The van der Waals surface area contributed by atoms with Crippen molar-refractivity contribution in [2.24, 2.45) is 11.3 Å². The highest BCUT2D eigenvalue weighted by Gasteiger charge is 2.34. The van der Waals surface area contributed by atoms with E-state index in [1.165, 1.54) is 0 Å². The first-order valence-electron chi connectivity index (χ1n) is 5.29. The standard InChI is InChI=1S/C11H23NO/c1-9(2)5-10(13)6-12-7-11(3,4)8-12/h9-10,13H,5-8H2,1-4H3. The van der Waals surface area contributed by atoms with Crippen LogP contribution in [0.5, 0.6) is 0 Å². The van der Waals surface area contributed by atoms with Crippen LogP contribution in [0.2, 0.25) is 0 Å². The van der Waals surface area contributed by atoms with Crippen molar-refractivity contribution in [2.75, 3.05) is 19.6 Å². The molecule has 13 heavy (non-hydrogen) atoms. The zero-order valence-electron chi connectivity index (χ0n) is 9.38. The van der Waals surface area contributed by atoms with E-state index >= 15 is 0 Å². The molecule has 78 valence electrons. The van der Waals surface area contributed by atoms with E-state index in [0.29, 0.717) is 11.3 Å². The summed E-state index contributed by atoms with van der Waals surface area (Å²) in [5, 5.41) is 9.68. The lowest BCUT2D eigenvalue weighted by Gasteiger charge is -2.46. The second-order valence-corrected chi connectivity index (χ2v) is 5.62. The predicted octanol–water partition coefficient (Wildman–Crippen LogP) is 1.74. The lowest BCUT2D eigenvalue weighted by Crippen LogP contribution is -2.55. The van der Waals surface area contributed by atoms with Crippen LogP contribution >= 0.6 is 0 Å². The average Bonchev–Trinajstić information content (AvgIpc) is 1.79. The molecule has 0 amide bonds.